The van der Waals surface area contributed by atoms with Gasteiger partial charge in [0.25, 0.3) is 0 Å². The number of phenolic OH excluding ortho intramolecular Hbond substituents is 1. The van der Waals surface area contributed by atoms with Gasteiger partial charge in [0.15, 0.2) is 11.5 Å². The highest BCUT2D eigenvalue weighted by molar-refractivity contribution is 5.44. The van der Waals surface area contributed by atoms with Gasteiger partial charge in [-0.2, -0.15) is 0 Å². The summed E-state index contributed by atoms with van der Waals surface area (Å²) in [5.74, 6) is 1.25. The van der Waals surface area contributed by atoms with Gasteiger partial charge in [0.05, 0.1) is 12.2 Å². The van der Waals surface area contributed by atoms with Gasteiger partial charge in [-0.15, -0.1) is 0 Å². The van der Waals surface area contributed by atoms with Crippen LogP contribution >= 0.6 is 0 Å². The van der Waals surface area contributed by atoms with Crippen LogP contribution in [0.25, 0.3) is 0 Å². The summed E-state index contributed by atoms with van der Waals surface area (Å²) in [7, 11) is 0. The molecule has 3 nitrogen and oxygen atoms in total. The Balaban J connectivity index is 2.78. The molecule has 0 unspecified atom stereocenters. The van der Waals surface area contributed by atoms with E-state index in [1.807, 2.05) is 27.7 Å². The third-order valence-electron chi connectivity index (χ3n) is 1.66. The number of aromatic hydroxyl groups is 1. The summed E-state index contributed by atoms with van der Waals surface area (Å²) < 4.78 is 10.8. The molecule has 0 fully saturated rings. The minimum atomic E-state index is 0.0489. The molecule has 1 rings (SSSR count). The SMILES string of the molecule is CC(C)Oc1ccc(OC(C)C)c(O)c1. The van der Waals surface area contributed by atoms with Crippen LogP contribution in [0, 0.1) is 0 Å². The van der Waals surface area contributed by atoms with Gasteiger partial charge in [-0.05, 0) is 39.8 Å². The first-order valence-electron chi connectivity index (χ1n) is 5.15. The van der Waals surface area contributed by atoms with Crippen molar-refractivity contribution < 1.29 is 14.6 Å². The predicted octanol–water partition coefficient (Wildman–Crippen LogP) is 2.97. The highest BCUT2D eigenvalue weighted by Gasteiger charge is 2.06. The van der Waals surface area contributed by atoms with Crippen LogP contribution in [-0.2, 0) is 0 Å². The molecule has 0 aliphatic carbocycles. The van der Waals surface area contributed by atoms with E-state index in [2.05, 4.69) is 0 Å². The van der Waals surface area contributed by atoms with Crippen molar-refractivity contribution in [2.45, 2.75) is 39.9 Å². The number of hydrogen-bond donors (Lipinski definition) is 1. The molecule has 0 aromatic heterocycles. The molecule has 0 heterocycles. The van der Waals surface area contributed by atoms with E-state index in [1.54, 1.807) is 18.2 Å². The van der Waals surface area contributed by atoms with Crippen LogP contribution in [0.3, 0.4) is 0 Å². The Kier molecular flexibility index (Phi) is 3.83. The third-order valence-corrected chi connectivity index (χ3v) is 1.66. The molecule has 0 amide bonds. The normalized spacial score (nSPS) is 10.8. The Morgan fingerprint density at radius 3 is 2.07 bits per heavy atom. The highest BCUT2D eigenvalue weighted by atomic mass is 16.5. The lowest BCUT2D eigenvalue weighted by atomic mass is 10.3. The van der Waals surface area contributed by atoms with Gasteiger partial charge in [0, 0.05) is 6.07 Å². The maximum Gasteiger partial charge on any atom is 0.161 e. The van der Waals surface area contributed by atoms with E-state index in [0.29, 0.717) is 11.5 Å². The number of ether oxygens (including phenoxy) is 2. The number of benzene rings is 1. The van der Waals surface area contributed by atoms with Gasteiger partial charge in [0.2, 0.25) is 0 Å². The zero-order valence-electron chi connectivity index (χ0n) is 9.65. The molecular formula is C12H18O3. The molecule has 0 spiro atoms. The van der Waals surface area contributed by atoms with Gasteiger partial charge in [-0.3, -0.25) is 0 Å². The zero-order valence-corrected chi connectivity index (χ0v) is 9.65. The number of hydrogen-bond acceptors (Lipinski definition) is 3. The molecule has 15 heavy (non-hydrogen) atoms. The molecule has 84 valence electrons. The van der Waals surface area contributed by atoms with Crippen LogP contribution in [0.1, 0.15) is 27.7 Å². The lowest BCUT2D eigenvalue weighted by Gasteiger charge is -2.14. The molecule has 0 saturated carbocycles. The predicted molar refractivity (Wildman–Crippen MR) is 59.6 cm³/mol. The lowest BCUT2D eigenvalue weighted by Crippen LogP contribution is -2.07. The first-order valence-corrected chi connectivity index (χ1v) is 5.15. The van der Waals surface area contributed by atoms with Gasteiger partial charge in [-0.1, -0.05) is 0 Å². The Labute approximate surface area is 90.6 Å². The highest BCUT2D eigenvalue weighted by Crippen LogP contribution is 2.31. The maximum atomic E-state index is 9.65. The van der Waals surface area contributed by atoms with Gasteiger partial charge in [0.1, 0.15) is 5.75 Å². The smallest absolute Gasteiger partial charge is 0.161 e. The van der Waals surface area contributed by atoms with Crippen molar-refractivity contribution in [2.24, 2.45) is 0 Å². The van der Waals surface area contributed by atoms with Gasteiger partial charge < -0.3 is 14.6 Å². The maximum absolute atomic E-state index is 9.65. The van der Waals surface area contributed by atoms with Crippen molar-refractivity contribution in [1.29, 1.82) is 0 Å². The molecule has 0 saturated heterocycles. The summed E-state index contributed by atoms with van der Waals surface area (Å²) in [6.07, 6.45) is 0.147. The quantitative estimate of drug-likeness (QED) is 0.830. The van der Waals surface area contributed by atoms with Crippen LogP contribution in [0.4, 0.5) is 0 Å². The van der Waals surface area contributed by atoms with Gasteiger partial charge in [-0.25, -0.2) is 0 Å². The fourth-order valence-corrected chi connectivity index (χ4v) is 1.20. The summed E-state index contributed by atoms with van der Waals surface area (Å²) in [6.45, 7) is 7.71. The molecule has 0 radical (unpaired) electrons. The molecule has 1 aromatic rings. The lowest BCUT2D eigenvalue weighted by molar-refractivity contribution is 0.225. The Morgan fingerprint density at radius 2 is 1.60 bits per heavy atom. The average Bonchev–Trinajstić information content (AvgIpc) is 2.08. The van der Waals surface area contributed by atoms with E-state index in [1.165, 1.54) is 0 Å². The van der Waals surface area contributed by atoms with Crippen molar-refractivity contribution >= 4 is 0 Å². The van der Waals surface area contributed by atoms with Crippen LogP contribution in [0.5, 0.6) is 17.2 Å². The minimum absolute atomic E-state index is 0.0489. The average molecular weight is 210 g/mol. The summed E-state index contributed by atoms with van der Waals surface area (Å²) in [4.78, 5) is 0. The number of phenols is 1. The fraction of sp³-hybridized carbons (Fsp3) is 0.500. The van der Waals surface area contributed by atoms with E-state index in [4.69, 9.17) is 9.47 Å². The summed E-state index contributed by atoms with van der Waals surface area (Å²) >= 11 is 0. The first kappa shape index (κ1) is 11.7. The monoisotopic (exact) mass is 210 g/mol. The third kappa shape index (κ3) is 3.70. The standard InChI is InChI=1S/C12H18O3/c1-8(2)14-10-5-6-12(11(13)7-10)15-9(3)4/h5-9,13H,1-4H3. The second-order valence-corrected chi connectivity index (χ2v) is 3.96. The number of rotatable bonds is 4. The molecular weight excluding hydrogens is 192 g/mol. The Morgan fingerprint density at radius 1 is 1.00 bits per heavy atom. The van der Waals surface area contributed by atoms with E-state index >= 15 is 0 Å². The summed E-state index contributed by atoms with van der Waals surface area (Å²) in [5, 5.41) is 9.65. The topological polar surface area (TPSA) is 38.7 Å². The molecule has 1 aromatic carbocycles. The van der Waals surface area contributed by atoms with Crippen molar-refractivity contribution in [3.05, 3.63) is 18.2 Å². The Bertz CT molecular complexity index is 319. The van der Waals surface area contributed by atoms with Crippen molar-refractivity contribution in [1.82, 2.24) is 0 Å². The van der Waals surface area contributed by atoms with Crippen LogP contribution in [0.2, 0.25) is 0 Å². The molecule has 0 aliphatic rings. The summed E-state index contributed by atoms with van der Waals surface area (Å²) in [6, 6.07) is 5.07. The van der Waals surface area contributed by atoms with Crippen molar-refractivity contribution in [3.8, 4) is 17.2 Å². The van der Waals surface area contributed by atoms with Crippen molar-refractivity contribution in [2.75, 3.05) is 0 Å². The molecule has 0 bridgehead atoms. The van der Waals surface area contributed by atoms with Crippen LogP contribution in [-0.4, -0.2) is 17.3 Å². The van der Waals surface area contributed by atoms with E-state index in [-0.39, 0.29) is 18.0 Å². The van der Waals surface area contributed by atoms with Crippen molar-refractivity contribution in [3.63, 3.8) is 0 Å². The Hall–Kier alpha value is -1.38. The zero-order chi connectivity index (χ0) is 11.4. The molecule has 3 heteroatoms. The van der Waals surface area contributed by atoms with Crippen LogP contribution < -0.4 is 9.47 Å². The summed E-state index contributed by atoms with van der Waals surface area (Å²) in [5.41, 5.74) is 0. The largest absolute Gasteiger partial charge is 0.504 e. The molecule has 0 atom stereocenters. The van der Waals surface area contributed by atoms with Crippen LogP contribution in [0.15, 0.2) is 18.2 Å². The second kappa shape index (κ2) is 4.91. The fourth-order valence-electron chi connectivity index (χ4n) is 1.20. The first-order chi connectivity index (χ1) is 6.99. The molecule has 0 aliphatic heterocycles. The minimum Gasteiger partial charge on any atom is -0.504 e. The second-order valence-electron chi connectivity index (χ2n) is 3.96. The molecule has 1 N–H and O–H groups in total. The van der Waals surface area contributed by atoms with Gasteiger partial charge >= 0.3 is 0 Å². The van der Waals surface area contributed by atoms with E-state index in [9.17, 15) is 5.11 Å². The van der Waals surface area contributed by atoms with E-state index < -0.39 is 0 Å². The van der Waals surface area contributed by atoms with E-state index in [0.717, 1.165) is 0 Å².